The Morgan fingerprint density at radius 2 is 1.77 bits per heavy atom. The van der Waals surface area contributed by atoms with Crippen LogP contribution in [0.15, 0.2) is 41.3 Å². The lowest BCUT2D eigenvalue weighted by Gasteiger charge is -2.24. The van der Waals surface area contributed by atoms with Crippen LogP contribution in [0, 0.1) is 0 Å². The molecule has 0 saturated heterocycles. The second-order valence-corrected chi connectivity index (χ2v) is 7.32. The van der Waals surface area contributed by atoms with Crippen molar-refractivity contribution in [2.45, 2.75) is 62.9 Å². The average Bonchev–Trinajstić information content (AvgIpc) is 2.58. The maximum Gasteiger partial charge on any atom is 0.127 e. The summed E-state index contributed by atoms with van der Waals surface area (Å²) < 4.78 is 6.34. The molecule has 2 aromatic rings. The Kier molecular flexibility index (Phi) is 5.66. The van der Waals surface area contributed by atoms with Crippen LogP contribution in [0.25, 0.3) is 10.8 Å². The van der Waals surface area contributed by atoms with Crippen LogP contribution in [-0.4, -0.2) is 11.9 Å². The fourth-order valence-corrected chi connectivity index (χ4v) is 4.31. The minimum atomic E-state index is 0.413. The lowest BCUT2D eigenvalue weighted by Crippen LogP contribution is -2.19. The van der Waals surface area contributed by atoms with Crippen molar-refractivity contribution in [3.63, 3.8) is 0 Å². The van der Waals surface area contributed by atoms with E-state index in [0.29, 0.717) is 6.10 Å². The number of rotatable bonds is 6. The molecule has 0 atom stereocenters. The molecule has 22 heavy (non-hydrogen) atoms. The number of hydrogen-bond acceptors (Lipinski definition) is 2. The van der Waals surface area contributed by atoms with Gasteiger partial charge in [-0.25, -0.2) is 0 Å². The number of ether oxygens (including phenoxy) is 1. The molecule has 3 rings (SSSR count). The van der Waals surface area contributed by atoms with E-state index in [2.05, 4.69) is 43.3 Å². The molecule has 0 spiro atoms. The summed E-state index contributed by atoms with van der Waals surface area (Å²) in [4.78, 5) is 1.39. The minimum absolute atomic E-state index is 0.413. The van der Waals surface area contributed by atoms with Crippen molar-refractivity contribution < 1.29 is 4.74 Å². The van der Waals surface area contributed by atoms with Crippen LogP contribution < -0.4 is 4.74 Å². The maximum atomic E-state index is 6.34. The smallest absolute Gasteiger partial charge is 0.127 e. The molecule has 1 saturated carbocycles. The molecule has 0 aromatic heterocycles. The zero-order valence-corrected chi connectivity index (χ0v) is 14.3. The quantitative estimate of drug-likeness (QED) is 0.448. The van der Waals surface area contributed by atoms with Crippen LogP contribution in [0.3, 0.4) is 0 Å². The summed E-state index contributed by atoms with van der Waals surface area (Å²) in [6, 6.07) is 13.1. The molecule has 0 radical (unpaired) electrons. The number of benzene rings is 2. The molecular weight excluding hydrogens is 288 g/mol. The number of thioether (sulfide) groups is 1. The molecule has 0 heterocycles. The predicted molar refractivity (Wildman–Crippen MR) is 97.1 cm³/mol. The Hall–Kier alpha value is -1.15. The predicted octanol–water partition coefficient (Wildman–Crippen LogP) is 6.44. The van der Waals surface area contributed by atoms with Crippen molar-refractivity contribution >= 4 is 22.5 Å². The zero-order valence-electron chi connectivity index (χ0n) is 13.5. The highest BCUT2D eigenvalue weighted by Gasteiger charge is 2.16. The second-order valence-electron chi connectivity index (χ2n) is 6.19. The van der Waals surface area contributed by atoms with Gasteiger partial charge >= 0.3 is 0 Å². The van der Waals surface area contributed by atoms with E-state index in [1.165, 1.54) is 66.4 Å². The fraction of sp³-hybridized carbons (Fsp3) is 0.500. The van der Waals surface area contributed by atoms with E-state index in [1.54, 1.807) is 0 Å². The van der Waals surface area contributed by atoms with Crippen LogP contribution in [0.4, 0.5) is 0 Å². The van der Waals surface area contributed by atoms with Gasteiger partial charge in [0.2, 0.25) is 0 Å². The Morgan fingerprint density at radius 1 is 1.00 bits per heavy atom. The van der Waals surface area contributed by atoms with E-state index >= 15 is 0 Å². The molecule has 0 N–H and O–H groups in total. The first-order valence-corrected chi connectivity index (χ1v) is 9.68. The van der Waals surface area contributed by atoms with E-state index in [0.717, 1.165) is 5.75 Å². The molecule has 0 aliphatic heterocycles. The summed E-state index contributed by atoms with van der Waals surface area (Å²) in [5.74, 6) is 2.27. The van der Waals surface area contributed by atoms with Gasteiger partial charge < -0.3 is 4.74 Å². The van der Waals surface area contributed by atoms with Crippen molar-refractivity contribution in [3.05, 3.63) is 36.4 Å². The largest absolute Gasteiger partial charge is 0.490 e. The first kappa shape index (κ1) is 15.7. The molecule has 0 unspecified atom stereocenters. The summed E-state index contributed by atoms with van der Waals surface area (Å²) in [6.45, 7) is 2.25. The van der Waals surface area contributed by atoms with E-state index in [1.807, 2.05) is 11.8 Å². The highest BCUT2D eigenvalue weighted by molar-refractivity contribution is 7.99. The lowest BCUT2D eigenvalue weighted by molar-refractivity contribution is 0.157. The van der Waals surface area contributed by atoms with E-state index in [9.17, 15) is 0 Å². The average molecular weight is 314 g/mol. The van der Waals surface area contributed by atoms with Gasteiger partial charge in [0.25, 0.3) is 0 Å². The van der Waals surface area contributed by atoms with Gasteiger partial charge in [0, 0.05) is 10.3 Å². The molecule has 0 amide bonds. The first-order chi connectivity index (χ1) is 10.9. The summed E-state index contributed by atoms with van der Waals surface area (Å²) in [6.07, 6.45) is 9.36. The zero-order chi connectivity index (χ0) is 15.2. The van der Waals surface area contributed by atoms with Gasteiger partial charge in [-0.15, -0.1) is 11.8 Å². The Morgan fingerprint density at radius 3 is 2.55 bits per heavy atom. The van der Waals surface area contributed by atoms with Crippen molar-refractivity contribution in [3.8, 4) is 5.75 Å². The van der Waals surface area contributed by atoms with Crippen LogP contribution in [0.5, 0.6) is 5.75 Å². The topological polar surface area (TPSA) is 9.23 Å². The lowest BCUT2D eigenvalue weighted by atomic mass is 9.97. The monoisotopic (exact) mass is 314 g/mol. The van der Waals surface area contributed by atoms with Gasteiger partial charge in [-0.3, -0.25) is 0 Å². The fourth-order valence-electron chi connectivity index (χ4n) is 3.16. The summed E-state index contributed by atoms with van der Waals surface area (Å²) in [5.41, 5.74) is 0. The molecule has 1 nitrogen and oxygen atoms in total. The van der Waals surface area contributed by atoms with Crippen LogP contribution in [0.2, 0.25) is 0 Å². The first-order valence-electron chi connectivity index (χ1n) is 8.69. The highest BCUT2D eigenvalue weighted by Crippen LogP contribution is 2.36. The van der Waals surface area contributed by atoms with Gasteiger partial charge in [0.05, 0.1) is 6.10 Å². The summed E-state index contributed by atoms with van der Waals surface area (Å²) >= 11 is 1.97. The normalized spacial score (nSPS) is 16.0. The SMILES string of the molecule is CCCCSc1ccc(OC2CCCCC2)c2ccccc12. The van der Waals surface area contributed by atoms with Gasteiger partial charge in [0.15, 0.2) is 0 Å². The molecule has 118 valence electrons. The third-order valence-corrected chi connectivity index (χ3v) is 5.61. The van der Waals surface area contributed by atoms with Crippen molar-refractivity contribution in [2.75, 3.05) is 5.75 Å². The van der Waals surface area contributed by atoms with E-state index in [-0.39, 0.29) is 0 Å². The van der Waals surface area contributed by atoms with Crippen LogP contribution in [0.1, 0.15) is 51.9 Å². The van der Waals surface area contributed by atoms with E-state index < -0.39 is 0 Å². The molecule has 2 aromatic carbocycles. The maximum absolute atomic E-state index is 6.34. The van der Waals surface area contributed by atoms with E-state index in [4.69, 9.17) is 4.74 Å². The number of hydrogen-bond donors (Lipinski definition) is 0. The molecule has 1 aliphatic carbocycles. The van der Waals surface area contributed by atoms with Crippen molar-refractivity contribution in [2.24, 2.45) is 0 Å². The molecule has 0 bridgehead atoms. The molecule has 1 aliphatic rings. The minimum Gasteiger partial charge on any atom is -0.490 e. The third kappa shape index (κ3) is 3.78. The Labute approximate surface area is 138 Å². The van der Waals surface area contributed by atoms with Gasteiger partial charge in [-0.05, 0) is 55.4 Å². The van der Waals surface area contributed by atoms with Gasteiger partial charge in [0.1, 0.15) is 5.75 Å². The number of fused-ring (bicyclic) bond motifs is 1. The van der Waals surface area contributed by atoms with Crippen molar-refractivity contribution in [1.29, 1.82) is 0 Å². The van der Waals surface area contributed by atoms with Gasteiger partial charge in [-0.1, -0.05) is 44.0 Å². The third-order valence-electron chi connectivity index (χ3n) is 4.45. The standard InChI is InChI=1S/C20H26OS/c1-2-3-15-22-20-14-13-19(17-11-7-8-12-18(17)20)21-16-9-5-4-6-10-16/h7-8,11-14,16H,2-6,9-10,15H2,1H3. The van der Waals surface area contributed by atoms with Gasteiger partial charge in [-0.2, -0.15) is 0 Å². The van der Waals surface area contributed by atoms with Crippen LogP contribution in [-0.2, 0) is 0 Å². The Bertz CT molecular complexity index is 602. The summed E-state index contributed by atoms with van der Waals surface area (Å²) in [5, 5.41) is 2.62. The Balaban J connectivity index is 1.83. The molecular formula is C20H26OS. The molecule has 2 heteroatoms. The summed E-state index contributed by atoms with van der Waals surface area (Å²) in [7, 11) is 0. The molecule has 1 fully saturated rings. The second kappa shape index (κ2) is 7.92. The highest BCUT2D eigenvalue weighted by atomic mass is 32.2. The van der Waals surface area contributed by atoms with Crippen LogP contribution >= 0.6 is 11.8 Å². The van der Waals surface area contributed by atoms with Crippen molar-refractivity contribution in [1.82, 2.24) is 0 Å². The number of unbranched alkanes of at least 4 members (excludes halogenated alkanes) is 1.